The van der Waals surface area contributed by atoms with E-state index in [0.717, 1.165) is 28.1 Å². The molecule has 0 fully saturated rings. The van der Waals surface area contributed by atoms with Crippen LogP contribution >= 0.6 is 11.8 Å². The van der Waals surface area contributed by atoms with Crippen molar-refractivity contribution in [1.29, 1.82) is 0 Å². The van der Waals surface area contributed by atoms with Crippen LogP contribution in [0.4, 0.5) is 0 Å². The highest BCUT2D eigenvalue weighted by Gasteiger charge is 2.19. The third kappa shape index (κ3) is 5.81. The normalized spacial score (nSPS) is 10.7. The summed E-state index contributed by atoms with van der Waals surface area (Å²) in [5.74, 6) is 1.64. The van der Waals surface area contributed by atoms with Crippen molar-refractivity contribution in [3.8, 4) is 11.4 Å². The van der Waals surface area contributed by atoms with Crippen LogP contribution < -0.4 is 10.1 Å². The van der Waals surface area contributed by atoms with Gasteiger partial charge in [-0.05, 0) is 42.7 Å². The molecule has 168 valence electrons. The van der Waals surface area contributed by atoms with Gasteiger partial charge in [-0.15, -0.1) is 10.2 Å². The molecule has 0 saturated heterocycles. The molecular weight excluding hydrogens is 432 g/mol. The van der Waals surface area contributed by atoms with E-state index in [2.05, 4.69) is 41.5 Å². The Morgan fingerprint density at radius 3 is 2.27 bits per heavy atom. The van der Waals surface area contributed by atoms with E-state index in [1.54, 1.807) is 0 Å². The van der Waals surface area contributed by atoms with Crippen LogP contribution in [0.25, 0.3) is 5.69 Å². The number of benzene rings is 3. The van der Waals surface area contributed by atoms with Gasteiger partial charge in [0.2, 0.25) is 5.91 Å². The smallest absolute Gasteiger partial charge is 0.230 e. The van der Waals surface area contributed by atoms with Crippen molar-refractivity contribution >= 4 is 17.7 Å². The molecule has 0 aliphatic carbocycles. The summed E-state index contributed by atoms with van der Waals surface area (Å²) in [6.07, 6.45) is 0. The number of carbonyl (C=O) groups excluding carboxylic acids is 1. The molecule has 0 aliphatic rings. The molecule has 0 bridgehead atoms. The van der Waals surface area contributed by atoms with E-state index < -0.39 is 0 Å². The fourth-order valence-corrected chi connectivity index (χ4v) is 4.30. The van der Waals surface area contributed by atoms with E-state index in [-0.39, 0.29) is 18.3 Å². The molecule has 4 aromatic rings. The zero-order valence-corrected chi connectivity index (χ0v) is 19.5. The number of aromatic nitrogens is 3. The van der Waals surface area contributed by atoms with E-state index in [1.807, 2.05) is 71.3 Å². The Morgan fingerprint density at radius 1 is 0.909 bits per heavy atom. The topological polar surface area (TPSA) is 69.0 Å². The molecule has 1 N–H and O–H groups in total. The van der Waals surface area contributed by atoms with Crippen LogP contribution in [0.15, 0.2) is 84.0 Å². The zero-order chi connectivity index (χ0) is 23.0. The first kappa shape index (κ1) is 22.6. The molecule has 0 aliphatic heterocycles. The summed E-state index contributed by atoms with van der Waals surface area (Å²) < 4.78 is 7.95. The van der Waals surface area contributed by atoms with Gasteiger partial charge >= 0.3 is 0 Å². The van der Waals surface area contributed by atoms with Gasteiger partial charge in [-0.2, -0.15) is 0 Å². The second kappa shape index (κ2) is 10.8. The highest BCUT2D eigenvalue weighted by atomic mass is 32.2. The van der Waals surface area contributed by atoms with Gasteiger partial charge in [-0.1, -0.05) is 78.5 Å². The Bertz CT molecular complexity index is 1190. The minimum Gasteiger partial charge on any atom is -0.486 e. The Kier molecular flexibility index (Phi) is 7.42. The van der Waals surface area contributed by atoms with Crippen molar-refractivity contribution < 1.29 is 9.53 Å². The lowest BCUT2D eigenvalue weighted by atomic mass is 10.1. The van der Waals surface area contributed by atoms with Crippen molar-refractivity contribution in [2.75, 3.05) is 5.75 Å². The van der Waals surface area contributed by atoms with E-state index in [4.69, 9.17) is 4.74 Å². The monoisotopic (exact) mass is 458 g/mol. The molecule has 1 aromatic heterocycles. The second-order valence-electron chi connectivity index (χ2n) is 7.63. The number of para-hydroxylation sites is 2. The van der Waals surface area contributed by atoms with E-state index in [0.29, 0.717) is 17.5 Å². The predicted octanol–water partition coefficient (Wildman–Crippen LogP) is 4.87. The lowest BCUT2D eigenvalue weighted by molar-refractivity contribution is -0.118. The zero-order valence-electron chi connectivity index (χ0n) is 18.7. The first-order valence-electron chi connectivity index (χ1n) is 10.7. The van der Waals surface area contributed by atoms with Crippen molar-refractivity contribution in [3.63, 3.8) is 0 Å². The van der Waals surface area contributed by atoms with Crippen molar-refractivity contribution in [2.45, 2.75) is 32.2 Å². The van der Waals surface area contributed by atoms with Gasteiger partial charge in [0.1, 0.15) is 12.4 Å². The first-order valence-corrected chi connectivity index (χ1v) is 11.7. The predicted molar refractivity (Wildman–Crippen MR) is 131 cm³/mol. The number of carbonyl (C=O) groups is 1. The van der Waals surface area contributed by atoms with Crippen molar-refractivity contribution in [1.82, 2.24) is 20.1 Å². The highest BCUT2D eigenvalue weighted by molar-refractivity contribution is 7.99. The summed E-state index contributed by atoms with van der Waals surface area (Å²) >= 11 is 1.37. The van der Waals surface area contributed by atoms with Crippen LogP contribution in [-0.2, 0) is 17.9 Å². The van der Waals surface area contributed by atoms with E-state index in [1.165, 1.54) is 11.8 Å². The van der Waals surface area contributed by atoms with Crippen LogP contribution in [0.5, 0.6) is 5.75 Å². The number of rotatable bonds is 9. The molecule has 0 saturated carbocycles. The lowest BCUT2D eigenvalue weighted by Gasteiger charge is -2.16. The fourth-order valence-electron chi connectivity index (χ4n) is 3.51. The summed E-state index contributed by atoms with van der Waals surface area (Å²) in [4.78, 5) is 12.5. The van der Waals surface area contributed by atoms with Crippen LogP contribution in [0.3, 0.4) is 0 Å². The number of nitrogens with zero attached hydrogens (tertiary/aromatic N) is 3. The molecule has 6 nitrogen and oxygen atoms in total. The van der Waals surface area contributed by atoms with E-state index >= 15 is 0 Å². The Morgan fingerprint density at radius 2 is 1.58 bits per heavy atom. The molecular formula is C26H26N4O2S. The Labute approximate surface area is 198 Å². The van der Waals surface area contributed by atoms with Gasteiger partial charge < -0.3 is 10.1 Å². The average molecular weight is 459 g/mol. The summed E-state index contributed by atoms with van der Waals surface area (Å²) in [5, 5.41) is 12.4. The molecule has 4 rings (SSSR count). The van der Waals surface area contributed by atoms with Gasteiger partial charge in [-0.25, -0.2) is 0 Å². The fraction of sp³-hybridized carbons (Fsp3) is 0.192. The maximum absolute atomic E-state index is 12.5. The molecule has 1 amide bonds. The number of hydrogen-bond donors (Lipinski definition) is 1. The molecule has 33 heavy (non-hydrogen) atoms. The summed E-state index contributed by atoms with van der Waals surface area (Å²) in [6, 6.07) is 25.6. The third-order valence-corrected chi connectivity index (χ3v) is 6.07. The molecule has 0 unspecified atom stereocenters. The van der Waals surface area contributed by atoms with Gasteiger partial charge in [0, 0.05) is 6.54 Å². The van der Waals surface area contributed by atoms with Gasteiger partial charge in [0.05, 0.1) is 11.4 Å². The number of aryl methyl sites for hydroxylation is 2. The number of thioether (sulfide) groups is 1. The van der Waals surface area contributed by atoms with Crippen LogP contribution in [0.2, 0.25) is 0 Å². The van der Waals surface area contributed by atoms with Gasteiger partial charge in [0.15, 0.2) is 11.0 Å². The van der Waals surface area contributed by atoms with Crippen LogP contribution in [0.1, 0.15) is 22.5 Å². The maximum atomic E-state index is 12.5. The molecule has 3 aromatic carbocycles. The van der Waals surface area contributed by atoms with Crippen LogP contribution in [0, 0.1) is 13.8 Å². The third-order valence-electron chi connectivity index (χ3n) is 5.14. The Balaban J connectivity index is 1.52. The summed E-state index contributed by atoms with van der Waals surface area (Å²) in [7, 11) is 0. The van der Waals surface area contributed by atoms with E-state index in [9.17, 15) is 4.79 Å². The van der Waals surface area contributed by atoms with Gasteiger partial charge in [-0.3, -0.25) is 9.36 Å². The molecule has 1 heterocycles. The highest BCUT2D eigenvalue weighted by Crippen LogP contribution is 2.27. The summed E-state index contributed by atoms with van der Waals surface area (Å²) in [5.41, 5.74) is 4.29. The maximum Gasteiger partial charge on any atom is 0.230 e. The molecule has 0 spiro atoms. The Hall–Kier alpha value is -3.58. The lowest BCUT2D eigenvalue weighted by Crippen LogP contribution is -2.24. The van der Waals surface area contributed by atoms with Gasteiger partial charge in [0.25, 0.3) is 0 Å². The van der Waals surface area contributed by atoms with Crippen molar-refractivity contribution in [2.24, 2.45) is 0 Å². The molecule has 0 radical (unpaired) electrons. The minimum atomic E-state index is -0.0537. The SMILES string of the molecule is Cc1cccc(C)c1-n1c(COc2ccccc2)nnc1SCC(=O)NCc1ccccc1. The standard InChI is InChI=1S/C26H26N4O2S/c1-19-10-9-11-20(2)25(19)30-23(17-32-22-14-7-4-8-15-22)28-29-26(30)33-18-24(31)27-16-21-12-5-3-6-13-21/h3-15H,16-18H2,1-2H3,(H,27,31). The first-order chi connectivity index (χ1) is 16.1. The number of hydrogen-bond acceptors (Lipinski definition) is 5. The minimum absolute atomic E-state index is 0.0537. The quantitative estimate of drug-likeness (QED) is 0.362. The van der Waals surface area contributed by atoms with Crippen molar-refractivity contribution in [3.05, 3.63) is 101 Å². The molecule has 0 atom stereocenters. The largest absolute Gasteiger partial charge is 0.486 e. The summed E-state index contributed by atoms with van der Waals surface area (Å²) in [6.45, 7) is 4.89. The molecule has 7 heteroatoms. The number of ether oxygens (including phenoxy) is 1. The second-order valence-corrected chi connectivity index (χ2v) is 8.57. The average Bonchev–Trinajstić information content (AvgIpc) is 3.23. The van der Waals surface area contributed by atoms with Crippen LogP contribution in [-0.4, -0.2) is 26.4 Å². The number of nitrogens with one attached hydrogen (secondary N) is 1. The number of amides is 1.